The van der Waals surface area contributed by atoms with E-state index in [0.717, 1.165) is 13.1 Å². The first kappa shape index (κ1) is 13.7. The summed E-state index contributed by atoms with van der Waals surface area (Å²) in [6, 6.07) is 8.83. The van der Waals surface area contributed by atoms with Crippen LogP contribution in [0.25, 0.3) is 0 Å². The summed E-state index contributed by atoms with van der Waals surface area (Å²) in [5.41, 5.74) is 7.96. The molecule has 0 amide bonds. The quantitative estimate of drug-likeness (QED) is 0.860. The monoisotopic (exact) mass is 256 g/mol. The van der Waals surface area contributed by atoms with Gasteiger partial charge in [0, 0.05) is 30.2 Å². The number of aryl methyl sites for hydroxylation is 3. The molecule has 1 aromatic heterocycles. The highest BCUT2D eigenvalue weighted by atomic mass is 15.0. The molecule has 0 unspecified atom stereocenters. The van der Waals surface area contributed by atoms with Gasteiger partial charge in [0.15, 0.2) is 0 Å². The maximum absolute atomic E-state index is 3.55. The van der Waals surface area contributed by atoms with E-state index in [-0.39, 0.29) is 0 Å². The first-order valence-corrected chi connectivity index (χ1v) is 6.99. The Morgan fingerprint density at radius 1 is 1.05 bits per heavy atom. The predicted molar refractivity (Wildman–Crippen MR) is 82.8 cm³/mol. The predicted octanol–water partition coefficient (Wildman–Crippen LogP) is 4.35. The van der Waals surface area contributed by atoms with Crippen molar-refractivity contribution in [3.05, 3.63) is 52.3 Å². The van der Waals surface area contributed by atoms with Crippen LogP contribution in [0, 0.1) is 27.7 Å². The zero-order valence-electron chi connectivity index (χ0n) is 12.7. The van der Waals surface area contributed by atoms with Crippen LogP contribution in [0.3, 0.4) is 0 Å². The van der Waals surface area contributed by atoms with Crippen molar-refractivity contribution < 1.29 is 0 Å². The average molecular weight is 256 g/mol. The van der Waals surface area contributed by atoms with Gasteiger partial charge in [-0.2, -0.15) is 0 Å². The van der Waals surface area contributed by atoms with Crippen molar-refractivity contribution in [1.29, 1.82) is 0 Å². The van der Waals surface area contributed by atoms with Gasteiger partial charge in [0.1, 0.15) is 0 Å². The van der Waals surface area contributed by atoms with Crippen LogP contribution in [-0.2, 0) is 13.1 Å². The van der Waals surface area contributed by atoms with Gasteiger partial charge in [0.25, 0.3) is 0 Å². The number of hydrogen-bond acceptors (Lipinski definition) is 1. The van der Waals surface area contributed by atoms with E-state index in [0.29, 0.717) is 0 Å². The minimum absolute atomic E-state index is 0.892. The van der Waals surface area contributed by atoms with Crippen LogP contribution in [-0.4, -0.2) is 4.57 Å². The van der Waals surface area contributed by atoms with Crippen molar-refractivity contribution in [3.63, 3.8) is 0 Å². The summed E-state index contributed by atoms with van der Waals surface area (Å²) in [6.45, 7) is 12.8. The summed E-state index contributed by atoms with van der Waals surface area (Å²) in [6.07, 6.45) is 0. The highest BCUT2D eigenvalue weighted by molar-refractivity contribution is 5.52. The zero-order valence-corrected chi connectivity index (χ0v) is 12.7. The lowest BCUT2D eigenvalue weighted by Gasteiger charge is -2.11. The van der Waals surface area contributed by atoms with Crippen molar-refractivity contribution >= 4 is 5.69 Å². The third kappa shape index (κ3) is 2.83. The van der Waals surface area contributed by atoms with E-state index in [9.17, 15) is 0 Å². The Morgan fingerprint density at radius 2 is 1.79 bits per heavy atom. The highest BCUT2D eigenvalue weighted by Crippen LogP contribution is 2.20. The molecule has 2 aromatic rings. The SMILES string of the molecule is CCn1c(C)cc(CNc2ccc(C)cc2C)c1C. The van der Waals surface area contributed by atoms with Crippen molar-refractivity contribution in [3.8, 4) is 0 Å². The number of anilines is 1. The number of benzene rings is 1. The molecule has 1 aromatic carbocycles. The Bertz CT molecular complexity index is 579. The maximum atomic E-state index is 3.55. The summed E-state index contributed by atoms with van der Waals surface area (Å²) in [7, 11) is 0. The molecule has 1 heterocycles. The molecule has 102 valence electrons. The summed E-state index contributed by atoms with van der Waals surface area (Å²) in [5.74, 6) is 0. The van der Waals surface area contributed by atoms with Crippen LogP contribution in [0.1, 0.15) is 35.0 Å². The minimum Gasteiger partial charge on any atom is -0.381 e. The fourth-order valence-electron chi connectivity index (χ4n) is 2.74. The molecule has 2 heteroatoms. The summed E-state index contributed by atoms with van der Waals surface area (Å²) in [5, 5.41) is 3.55. The molecule has 0 saturated heterocycles. The van der Waals surface area contributed by atoms with Gasteiger partial charge < -0.3 is 9.88 Å². The number of nitrogens with zero attached hydrogens (tertiary/aromatic N) is 1. The zero-order chi connectivity index (χ0) is 14.0. The Morgan fingerprint density at radius 3 is 2.37 bits per heavy atom. The van der Waals surface area contributed by atoms with Crippen LogP contribution in [0.2, 0.25) is 0 Å². The second-order valence-electron chi connectivity index (χ2n) is 5.31. The van der Waals surface area contributed by atoms with Crippen molar-refractivity contribution in [1.82, 2.24) is 4.57 Å². The van der Waals surface area contributed by atoms with Crippen LogP contribution >= 0.6 is 0 Å². The van der Waals surface area contributed by atoms with Gasteiger partial charge in [-0.1, -0.05) is 17.7 Å². The minimum atomic E-state index is 0.892. The molecule has 2 rings (SSSR count). The normalized spacial score (nSPS) is 10.8. The number of rotatable bonds is 4. The van der Waals surface area contributed by atoms with E-state index in [1.807, 2.05) is 0 Å². The van der Waals surface area contributed by atoms with Gasteiger partial charge in [-0.05, 0) is 57.9 Å². The summed E-state index contributed by atoms with van der Waals surface area (Å²) >= 11 is 0. The lowest BCUT2D eigenvalue weighted by molar-refractivity contribution is 0.715. The standard InChI is InChI=1S/C17H24N2/c1-6-19-14(4)10-16(15(19)5)11-18-17-8-7-12(2)9-13(17)3/h7-10,18H,6,11H2,1-5H3. The molecule has 0 aliphatic carbocycles. The van der Waals surface area contributed by atoms with E-state index >= 15 is 0 Å². The summed E-state index contributed by atoms with van der Waals surface area (Å²) < 4.78 is 2.36. The number of aromatic nitrogens is 1. The van der Waals surface area contributed by atoms with Crippen LogP contribution in [0.15, 0.2) is 24.3 Å². The fraction of sp³-hybridized carbons (Fsp3) is 0.412. The Balaban J connectivity index is 2.14. The van der Waals surface area contributed by atoms with Gasteiger partial charge in [-0.3, -0.25) is 0 Å². The van der Waals surface area contributed by atoms with E-state index in [1.54, 1.807) is 0 Å². The van der Waals surface area contributed by atoms with E-state index < -0.39 is 0 Å². The molecule has 19 heavy (non-hydrogen) atoms. The van der Waals surface area contributed by atoms with Crippen molar-refractivity contribution in [2.24, 2.45) is 0 Å². The van der Waals surface area contributed by atoms with Gasteiger partial charge >= 0.3 is 0 Å². The average Bonchev–Trinajstić information content (AvgIpc) is 2.63. The first-order chi connectivity index (χ1) is 9.02. The van der Waals surface area contributed by atoms with Crippen molar-refractivity contribution in [2.75, 3.05) is 5.32 Å². The molecular weight excluding hydrogens is 232 g/mol. The van der Waals surface area contributed by atoms with Gasteiger partial charge in [-0.25, -0.2) is 0 Å². The van der Waals surface area contributed by atoms with E-state index in [4.69, 9.17) is 0 Å². The molecule has 0 bridgehead atoms. The molecule has 0 saturated carbocycles. The number of nitrogens with one attached hydrogen (secondary N) is 1. The molecule has 2 nitrogen and oxygen atoms in total. The summed E-state index contributed by atoms with van der Waals surface area (Å²) in [4.78, 5) is 0. The van der Waals surface area contributed by atoms with Gasteiger partial charge in [0.05, 0.1) is 0 Å². The third-order valence-electron chi connectivity index (χ3n) is 3.85. The van der Waals surface area contributed by atoms with Crippen LogP contribution < -0.4 is 5.32 Å². The highest BCUT2D eigenvalue weighted by Gasteiger charge is 2.07. The maximum Gasteiger partial charge on any atom is 0.0418 e. The first-order valence-electron chi connectivity index (χ1n) is 6.99. The molecule has 0 radical (unpaired) electrons. The lowest BCUT2D eigenvalue weighted by Crippen LogP contribution is -2.04. The molecule has 0 fully saturated rings. The Hall–Kier alpha value is -1.70. The van der Waals surface area contributed by atoms with Crippen molar-refractivity contribution in [2.45, 2.75) is 47.7 Å². The number of hydrogen-bond donors (Lipinski definition) is 1. The molecule has 1 N–H and O–H groups in total. The smallest absolute Gasteiger partial charge is 0.0418 e. The molecule has 0 aliphatic heterocycles. The van der Waals surface area contributed by atoms with Gasteiger partial charge in [0.2, 0.25) is 0 Å². The second kappa shape index (κ2) is 5.52. The van der Waals surface area contributed by atoms with E-state index in [1.165, 1.54) is 33.8 Å². The Labute approximate surface area is 116 Å². The third-order valence-corrected chi connectivity index (χ3v) is 3.85. The largest absolute Gasteiger partial charge is 0.381 e. The fourth-order valence-corrected chi connectivity index (χ4v) is 2.74. The molecular formula is C17H24N2. The Kier molecular flexibility index (Phi) is 3.98. The van der Waals surface area contributed by atoms with Gasteiger partial charge in [-0.15, -0.1) is 0 Å². The lowest BCUT2D eigenvalue weighted by atomic mass is 10.1. The topological polar surface area (TPSA) is 17.0 Å². The molecule has 0 atom stereocenters. The molecule has 0 aliphatic rings. The second-order valence-corrected chi connectivity index (χ2v) is 5.31. The van der Waals surface area contributed by atoms with Crippen LogP contribution in [0.4, 0.5) is 5.69 Å². The molecule has 0 spiro atoms. The van der Waals surface area contributed by atoms with Crippen LogP contribution in [0.5, 0.6) is 0 Å². The van der Waals surface area contributed by atoms with E-state index in [2.05, 4.69) is 68.8 Å².